The molecule has 0 bridgehead atoms. The topological polar surface area (TPSA) is 25.8 Å². The lowest BCUT2D eigenvalue weighted by atomic mass is 9.88. The summed E-state index contributed by atoms with van der Waals surface area (Å²) in [4.78, 5) is 0. The van der Waals surface area contributed by atoms with Crippen LogP contribution in [-0.2, 0) is 12.1 Å². The van der Waals surface area contributed by atoms with Crippen molar-refractivity contribution in [3.05, 3.63) is 192 Å². The summed E-state index contributed by atoms with van der Waals surface area (Å²) in [6.45, 7) is 14.5. The lowest BCUT2D eigenvalue weighted by molar-refractivity contribution is -0.944. The Labute approximate surface area is 364 Å². The molecule has 0 aliphatic carbocycles. The first-order chi connectivity index (χ1) is 30.1. The Morgan fingerprint density at radius 3 is 2.13 bits per heavy atom. The minimum Gasteiger partial charge on any atom is -0.455 e. The lowest BCUT2D eigenvalue weighted by Crippen LogP contribution is -2.72. The molecule has 1 spiro atoms. The van der Waals surface area contributed by atoms with Crippen LogP contribution in [0.5, 0.6) is 0 Å². The number of aromatic nitrogens is 3. The molecule has 3 aromatic heterocycles. The first-order valence-corrected chi connectivity index (χ1v) is 25.6. The summed E-state index contributed by atoms with van der Waals surface area (Å²) in [7, 11) is -1.85. The molecule has 300 valence electrons. The predicted molar refractivity (Wildman–Crippen MR) is 257 cm³/mol. The van der Waals surface area contributed by atoms with Crippen molar-refractivity contribution in [2.75, 3.05) is 0 Å². The van der Waals surface area contributed by atoms with Crippen LogP contribution < -0.4 is 14.3 Å². The highest BCUT2D eigenvalue weighted by Crippen LogP contribution is 2.53. The fraction of sp³-hybridized carbons (Fsp3) is 0.158. The summed E-state index contributed by atoms with van der Waals surface area (Å²) < 4.78 is 15.0. The van der Waals surface area contributed by atoms with E-state index in [1.165, 1.54) is 66.5 Å². The number of furan rings is 1. The molecule has 2 aliphatic rings. The third kappa shape index (κ3) is 5.12. The Morgan fingerprint density at radius 1 is 0.645 bits per heavy atom. The summed E-state index contributed by atoms with van der Waals surface area (Å²) in [5, 5.41) is 3.78. The number of fused-ring (bicyclic) bond motifs is 16. The van der Waals surface area contributed by atoms with Crippen molar-refractivity contribution in [3.63, 3.8) is 0 Å². The van der Waals surface area contributed by atoms with Crippen LogP contribution in [0.15, 0.2) is 174 Å². The molecule has 0 fully saturated rings. The maximum atomic E-state index is 7.14. The van der Waals surface area contributed by atoms with Crippen molar-refractivity contribution < 1.29 is 13.6 Å². The fourth-order valence-electron chi connectivity index (χ4n) is 10.9. The minimum atomic E-state index is -1.85. The van der Waals surface area contributed by atoms with Crippen LogP contribution in [0.3, 0.4) is 0 Å². The Balaban J connectivity index is 1.29. The fourth-order valence-corrected chi connectivity index (χ4v) is 12.6. The summed E-state index contributed by atoms with van der Waals surface area (Å²) in [5.41, 5.74) is 18.2. The van der Waals surface area contributed by atoms with Gasteiger partial charge in [-0.05, 0) is 96.1 Å². The minimum absolute atomic E-state index is 0.542. The summed E-state index contributed by atoms with van der Waals surface area (Å²) in [6, 6.07) is 60.7. The number of hydrogen-bond donors (Lipinski definition) is 0. The van der Waals surface area contributed by atoms with Gasteiger partial charge in [0.1, 0.15) is 16.8 Å². The lowest BCUT2D eigenvalue weighted by Gasteiger charge is -2.24. The van der Waals surface area contributed by atoms with Gasteiger partial charge in [0.25, 0.3) is 0 Å². The van der Waals surface area contributed by atoms with E-state index in [-0.39, 0.29) is 0 Å². The molecular formula is C57H49N3OSi+2. The second-order valence-corrected chi connectivity index (χ2v) is 24.0. The maximum absolute atomic E-state index is 7.14. The van der Waals surface area contributed by atoms with Crippen LogP contribution >= 0.6 is 0 Å². The average molecular weight is 820 g/mol. The van der Waals surface area contributed by atoms with Crippen molar-refractivity contribution in [2.45, 2.75) is 52.5 Å². The monoisotopic (exact) mass is 819 g/mol. The predicted octanol–water partition coefficient (Wildman–Crippen LogP) is 12.7. The highest BCUT2D eigenvalue weighted by molar-refractivity contribution is 6.89. The third-order valence-corrected chi connectivity index (χ3v) is 15.5. The second-order valence-electron chi connectivity index (χ2n) is 18.9. The zero-order valence-electron chi connectivity index (χ0n) is 36.2. The molecule has 10 aromatic rings. The number of para-hydroxylation sites is 3. The Kier molecular flexibility index (Phi) is 7.95. The highest BCUT2D eigenvalue weighted by Gasteiger charge is 2.67. The molecule has 0 saturated heterocycles. The number of hydrogen-bond acceptors (Lipinski definition) is 1. The van der Waals surface area contributed by atoms with Gasteiger partial charge in [-0.1, -0.05) is 142 Å². The first-order valence-electron chi connectivity index (χ1n) is 22.1. The zero-order chi connectivity index (χ0) is 42.1. The molecule has 7 aromatic carbocycles. The smallest absolute Gasteiger partial charge is 0.364 e. The largest absolute Gasteiger partial charge is 0.455 e. The molecule has 4 nitrogen and oxygen atoms in total. The molecule has 2 aliphatic heterocycles. The van der Waals surface area contributed by atoms with Gasteiger partial charge in [0.05, 0.1) is 24.8 Å². The van der Waals surface area contributed by atoms with E-state index >= 15 is 0 Å². The molecule has 1 unspecified atom stereocenters. The zero-order valence-corrected chi connectivity index (χ0v) is 37.2. The van der Waals surface area contributed by atoms with Crippen LogP contribution in [-0.4, -0.2) is 12.6 Å². The van der Waals surface area contributed by atoms with Crippen molar-refractivity contribution in [2.24, 2.45) is 5.92 Å². The number of aryl methyl sites for hydroxylation is 1. The van der Waals surface area contributed by atoms with E-state index in [1.54, 1.807) is 0 Å². The van der Waals surface area contributed by atoms with Crippen LogP contribution in [0.4, 0.5) is 0 Å². The first kappa shape index (κ1) is 37.0. The van der Waals surface area contributed by atoms with Gasteiger partial charge in [0.15, 0.2) is 22.8 Å². The van der Waals surface area contributed by atoms with E-state index in [0.29, 0.717) is 5.92 Å². The van der Waals surface area contributed by atoms with E-state index in [9.17, 15) is 0 Å². The number of imidazole rings is 1. The van der Waals surface area contributed by atoms with Gasteiger partial charge in [-0.25, -0.2) is 0 Å². The standard InChI is InChI=1S/C57H49N3OSi/c1-36(2)31-41-34-51-45-32-37(3)25-28-46(45)57(58(51)35-53(41)62(4,5)6)47-29-27-43-42-21-13-16-24-52(42)61-55(43)54(47)56-59(49-22-14-15-23-50(49)60(56)57)48-30-26-40(38-17-9-7-10-18-38)33-44(48)39-19-11-8-12-20-39/h7-30,32-36H,31H2,1-6H3/q+2. The summed E-state index contributed by atoms with van der Waals surface area (Å²) in [5.74, 6) is 1.66. The Hall–Kier alpha value is -6.82. The van der Waals surface area contributed by atoms with Gasteiger partial charge >= 0.3 is 11.5 Å². The summed E-state index contributed by atoms with van der Waals surface area (Å²) >= 11 is 0. The van der Waals surface area contributed by atoms with E-state index in [1.807, 2.05) is 0 Å². The Morgan fingerprint density at radius 2 is 1.35 bits per heavy atom. The van der Waals surface area contributed by atoms with Crippen molar-refractivity contribution in [1.82, 2.24) is 4.57 Å². The molecule has 1 atom stereocenters. The van der Waals surface area contributed by atoms with Gasteiger partial charge in [0.2, 0.25) is 5.69 Å². The van der Waals surface area contributed by atoms with Crippen molar-refractivity contribution >= 4 is 46.2 Å². The van der Waals surface area contributed by atoms with E-state index in [0.717, 1.165) is 51.0 Å². The van der Waals surface area contributed by atoms with Crippen LogP contribution in [0, 0.1) is 12.8 Å². The quantitative estimate of drug-likeness (QED) is 0.121. The van der Waals surface area contributed by atoms with Gasteiger partial charge in [-0.2, -0.15) is 4.57 Å². The van der Waals surface area contributed by atoms with Crippen LogP contribution in [0.25, 0.3) is 83.6 Å². The van der Waals surface area contributed by atoms with Crippen LogP contribution in [0.1, 0.15) is 36.1 Å². The van der Waals surface area contributed by atoms with Gasteiger partial charge < -0.3 is 4.42 Å². The van der Waals surface area contributed by atoms with E-state index in [4.69, 9.17) is 4.42 Å². The Bertz CT molecular complexity index is 3460. The molecule has 5 heteroatoms. The van der Waals surface area contributed by atoms with Crippen molar-refractivity contribution in [1.29, 1.82) is 0 Å². The molecule has 0 amide bonds. The van der Waals surface area contributed by atoms with Crippen LogP contribution in [0.2, 0.25) is 19.6 Å². The van der Waals surface area contributed by atoms with Crippen molar-refractivity contribution in [3.8, 4) is 50.6 Å². The molecule has 0 saturated carbocycles. The van der Waals surface area contributed by atoms with Gasteiger partial charge in [-0.15, -0.1) is 9.13 Å². The molecular weight excluding hydrogens is 771 g/mol. The van der Waals surface area contributed by atoms with Gasteiger partial charge in [-0.3, -0.25) is 0 Å². The average Bonchev–Trinajstić information content (AvgIpc) is 3.99. The SMILES string of the molecule is Cc1ccc2c(c1)-c1cc(CC(C)C)c([Si](C)(C)C)c[n+]1C21c2ccc3c(oc4ccccc43)c2-c2n(-c3ccc(-c4ccccc4)cc3-c3ccccc3)c3ccccc3[n+]21. The maximum Gasteiger partial charge on any atom is 0.364 e. The molecule has 12 rings (SSSR count). The number of nitrogens with zero attached hydrogens (tertiary/aromatic N) is 3. The highest BCUT2D eigenvalue weighted by atomic mass is 28.3. The van der Waals surface area contributed by atoms with Gasteiger partial charge in [0, 0.05) is 27.6 Å². The molecule has 62 heavy (non-hydrogen) atoms. The molecule has 5 heterocycles. The second kappa shape index (κ2) is 13.3. The summed E-state index contributed by atoms with van der Waals surface area (Å²) in [6.07, 6.45) is 3.64. The number of rotatable bonds is 6. The molecule has 0 radical (unpaired) electrons. The number of benzene rings is 7. The van der Waals surface area contributed by atoms with E-state index < -0.39 is 13.7 Å². The third-order valence-electron chi connectivity index (χ3n) is 13.5. The normalized spacial score (nSPS) is 15.2. The van der Waals surface area contributed by atoms with E-state index in [2.05, 4.69) is 224 Å². The molecule has 0 N–H and O–H groups in total. The number of pyridine rings is 1.